The van der Waals surface area contributed by atoms with Gasteiger partial charge in [0.2, 0.25) is 0 Å². The molecule has 1 saturated heterocycles. The lowest BCUT2D eigenvalue weighted by molar-refractivity contribution is -0.113. The molecule has 1 N–H and O–H groups in total. The number of phenols is 1. The second kappa shape index (κ2) is 6.06. The summed E-state index contributed by atoms with van der Waals surface area (Å²) in [4.78, 5) is 14.9. The number of para-hydroxylation sites is 1. The summed E-state index contributed by atoms with van der Waals surface area (Å²) < 4.78 is 2.53. The van der Waals surface area contributed by atoms with Crippen molar-refractivity contribution in [3.05, 3.63) is 65.2 Å². The molecule has 0 aliphatic carbocycles. The molecule has 4 nitrogen and oxygen atoms in total. The van der Waals surface area contributed by atoms with Crippen LogP contribution in [0.5, 0.6) is 5.75 Å². The van der Waals surface area contributed by atoms with Gasteiger partial charge in [-0.3, -0.25) is 9.69 Å². The summed E-state index contributed by atoms with van der Waals surface area (Å²) in [6.45, 7) is 0. The lowest BCUT2D eigenvalue weighted by Gasteiger charge is -2.14. The minimum atomic E-state index is -0.145. The summed E-state index contributed by atoms with van der Waals surface area (Å²) in [5.74, 6) is 0.00844. The highest BCUT2D eigenvalue weighted by Gasteiger charge is 2.33. The topological polar surface area (TPSA) is 45.5 Å². The fourth-order valence-corrected chi connectivity index (χ4v) is 4.21. The van der Waals surface area contributed by atoms with E-state index >= 15 is 0 Å². The van der Waals surface area contributed by atoms with E-state index in [0.29, 0.717) is 14.9 Å². The summed E-state index contributed by atoms with van der Waals surface area (Å²) in [6, 6.07) is 14.5. The number of carbonyl (C=O) groups excluding carboxylic acids is 1. The SMILES string of the molecule is Cn1cc(/C=C2\SC(=S)N(c3ccc(O)cc3)C2=O)c2ccccc21. The molecule has 0 saturated carbocycles. The first-order valence-corrected chi connectivity index (χ1v) is 8.88. The van der Waals surface area contributed by atoms with Crippen LogP contribution in [0.25, 0.3) is 17.0 Å². The molecule has 2 heterocycles. The van der Waals surface area contributed by atoms with Gasteiger partial charge in [0.05, 0.1) is 10.6 Å². The minimum absolute atomic E-state index is 0.145. The van der Waals surface area contributed by atoms with Crippen LogP contribution in [0.3, 0.4) is 0 Å². The number of fused-ring (bicyclic) bond motifs is 1. The fourth-order valence-electron chi connectivity index (χ4n) is 2.92. The van der Waals surface area contributed by atoms with Crippen molar-refractivity contribution in [1.82, 2.24) is 4.57 Å². The van der Waals surface area contributed by atoms with Crippen LogP contribution < -0.4 is 4.90 Å². The van der Waals surface area contributed by atoms with E-state index in [9.17, 15) is 9.90 Å². The second-order valence-electron chi connectivity index (χ2n) is 5.75. The minimum Gasteiger partial charge on any atom is -0.508 e. The Morgan fingerprint density at radius 2 is 1.84 bits per heavy atom. The van der Waals surface area contributed by atoms with E-state index in [2.05, 4.69) is 0 Å². The van der Waals surface area contributed by atoms with Crippen LogP contribution in [-0.4, -0.2) is 19.9 Å². The average Bonchev–Trinajstić information content (AvgIpc) is 3.06. The van der Waals surface area contributed by atoms with E-state index < -0.39 is 0 Å². The zero-order chi connectivity index (χ0) is 17.6. The number of thioether (sulfide) groups is 1. The molecule has 1 fully saturated rings. The Morgan fingerprint density at radius 3 is 2.60 bits per heavy atom. The molecule has 3 aromatic rings. The Hall–Kier alpha value is -2.57. The van der Waals surface area contributed by atoms with E-state index in [4.69, 9.17) is 12.2 Å². The molecule has 124 valence electrons. The number of carbonyl (C=O) groups is 1. The Kier molecular flexibility index (Phi) is 3.86. The lowest BCUT2D eigenvalue weighted by Crippen LogP contribution is -2.27. The zero-order valence-corrected chi connectivity index (χ0v) is 15.0. The van der Waals surface area contributed by atoms with Gasteiger partial charge in [0.1, 0.15) is 5.75 Å². The molecule has 4 rings (SSSR count). The number of aryl methyl sites for hydroxylation is 1. The number of aromatic nitrogens is 1. The van der Waals surface area contributed by atoms with Gasteiger partial charge >= 0.3 is 0 Å². The van der Waals surface area contributed by atoms with Gasteiger partial charge < -0.3 is 9.67 Å². The van der Waals surface area contributed by atoms with Gasteiger partial charge in [-0.2, -0.15) is 0 Å². The standard InChI is InChI=1S/C19H14N2O2S2/c1-20-11-12(15-4-2-3-5-16(15)20)10-17-18(23)21(19(24)25-17)13-6-8-14(22)9-7-13/h2-11,22H,1H3/b17-10-. The number of nitrogens with zero attached hydrogens (tertiary/aromatic N) is 2. The van der Waals surface area contributed by atoms with Gasteiger partial charge in [-0.15, -0.1) is 0 Å². The molecule has 0 spiro atoms. The third-order valence-corrected chi connectivity index (χ3v) is 5.42. The van der Waals surface area contributed by atoms with Crippen LogP contribution in [-0.2, 0) is 11.8 Å². The number of benzene rings is 2. The second-order valence-corrected chi connectivity index (χ2v) is 7.42. The quantitative estimate of drug-likeness (QED) is 0.543. The maximum Gasteiger partial charge on any atom is 0.270 e. The van der Waals surface area contributed by atoms with Crippen molar-refractivity contribution in [2.24, 2.45) is 7.05 Å². The molecule has 0 radical (unpaired) electrons. The van der Waals surface area contributed by atoms with Gasteiger partial charge in [0, 0.05) is 29.7 Å². The molecular weight excluding hydrogens is 352 g/mol. The molecule has 1 aliphatic heterocycles. The smallest absolute Gasteiger partial charge is 0.270 e. The van der Waals surface area contributed by atoms with E-state index in [1.807, 2.05) is 48.2 Å². The first-order chi connectivity index (χ1) is 12.0. The van der Waals surface area contributed by atoms with Crippen LogP contribution in [0.15, 0.2) is 59.6 Å². The van der Waals surface area contributed by atoms with Crippen molar-refractivity contribution < 1.29 is 9.90 Å². The van der Waals surface area contributed by atoms with Crippen molar-refractivity contribution >= 4 is 56.9 Å². The van der Waals surface area contributed by atoms with Crippen LogP contribution >= 0.6 is 24.0 Å². The molecule has 0 atom stereocenters. The number of hydrogen-bond donors (Lipinski definition) is 1. The Balaban J connectivity index is 1.74. The highest BCUT2D eigenvalue weighted by Crippen LogP contribution is 2.37. The normalized spacial score (nSPS) is 16.4. The van der Waals surface area contributed by atoms with Crippen LogP contribution in [0, 0.1) is 0 Å². The average molecular weight is 366 g/mol. The predicted molar refractivity (Wildman–Crippen MR) is 107 cm³/mol. The van der Waals surface area contributed by atoms with E-state index in [0.717, 1.165) is 16.5 Å². The first-order valence-electron chi connectivity index (χ1n) is 7.65. The summed E-state index contributed by atoms with van der Waals surface area (Å²) in [6.07, 6.45) is 3.90. The van der Waals surface area contributed by atoms with Crippen molar-refractivity contribution in [2.45, 2.75) is 0 Å². The molecule has 1 amide bonds. The molecule has 6 heteroatoms. The Morgan fingerprint density at radius 1 is 1.12 bits per heavy atom. The molecule has 1 aromatic heterocycles. The zero-order valence-electron chi connectivity index (χ0n) is 13.3. The van der Waals surface area contributed by atoms with Gasteiger partial charge in [-0.25, -0.2) is 0 Å². The molecule has 1 aliphatic rings. The number of hydrogen-bond acceptors (Lipinski definition) is 4. The van der Waals surface area contributed by atoms with E-state index in [-0.39, 0.29) is 11.7 Å². The Labute approximate surface area is 154 Å². The number of thiocarbonyl (C=S) groups is 1. The molecule has 25 heavy (non-hydrogen) atoms. The van der Waals surface area contributed by atoms with Crippen molar-refractivity contribution in [1.29, 1.82) is 0 Å². The van der Waals surface area contributed by atoms with Gasteiger partial charge in [0.25, 0.3) is 5.91 Å². The maximum atomic E-state index is 12.8. The van der Waals surface area contributed by atoms with E-state index in [1.54, 1.807) is 24.3 Å². The monoisotopic (exact) mass is 366 g/mol. The van der Waals surface area contributed by atoms with Crippen molar-refractivity contribution in [3.8, 4) is 5.75 Å². The van der Waals surface area contributed by atoms with Gasteiger partial charge in [-0.1, -0.05) is 42.2 Å². The fraction of sp³-hybridized carbons (Fsp3) is 0.0526. The van der Waals surface area contributed by atoms with Crippen molar-refractivity contribution in [3.63, 3.8) is 0 Å². The number of aromatic hydroxyl groups is 1. The van der Waals surface area contributed by atoms with Crippen LogP contribution in [0.1, 0.15) is 5.56 Å². The summed E-state index contributed by atoms with van der Waals surface area (Å²) in [7, 11) is 1.99. The molecule has 2 aromatic carbocycles. The van der Waals surface area contributed by atoms with E-state index in [1.165, 1.54) is 16.7 Å². The molecule has 0 bridgehead atoms. The third-order valence-electron chi connectivity index (χ3n) is 4.12. The molecular formula is C19H14N2O2S2. The lowest BCUT2D eigenvalue weighted by atomic mass is 10.1. The highest BCUT2D eigenvalue weighted by molar-refractivity contribution is 8.27. The van der Waals surface area contributed by atoms with Gasteiger partial charge in [0.15, 0.2) is 4.32 Å². The largest absolute Gasteiger partial charge is 0.508 e. The maximum absolute atomic E-state index is 12.8. The van der Waals surface area contributed by atoms with Crippen LogP contribution in [0.2, 0.25) is 0 Å². The third kappa shape index (κ3) is 2.73. The summed E-state index contributed by atoms with van der Waals surface area (Å²) in [5, 5.41) is 10.5. The highest BCUT2D eigenvalue weighted by atomic mass is 32.2. The van der Waals surface area contributed by atoms with Crippen LogP contribution in [0.4, 0.5) is 5.69 Å². The number of amides is 1. The predicted octanol–water partition coefficient (Wildman–Crippen LogP) is 4.29. The first kappa shape index (κ1) is 15.9. The Bertz CT molecular complexity index is 1040. The van der Waals surface area contributed by atoms with Gasteiger partial charge in [-0.05, 0) is 36.4 Å². The summed E-state index contributed by atoms with van der Waals surface area (Å²) >= 11 is 6.68. The van der Waals surface area contributed by atoms with Crippen molar-refractivity contribution in [2.75, 3.05) is 4.90 Å². The summed E-state index contributed by atoms with van der Waals surface area (Å²) in [5.41, 5.74) is 2.76. The number of anilines is 1. The number of phenolic OH excluding ortho intramolecular Hbond substituents is 1. The number of rotatable bonds is 2. The molecule has 0 unspecified atom stereocenters.